The number of hydrogen-bond donors (Lipinski definition) is 0. The molecule has 33 heavy (non-hydrogen) atoms. The Kier molecular flexibility index (Phi) is 4.94. The summed E-state index contributed by atoms with van der Waals surface area (Å²) in [7, 11) is 0. The van der Waals surface area contributed by atoms with Crippen molar-refractivity contribution in [3.63, 3.8) is 0 Å². The number of fused-ring (bicyclic) bond motifs is 1. The summed E-state index contributed by atoms with van der Waals surface area (Å²) in [4.78, 5) is 20.7. The molecule has 0 N–H and O–H groups in total. The van der Waals surface area contributed by atoms with Crippen molar-refractivity contribution in [1.29, 1.82) is 0 Å². The van der Waals surface area contributed by atoms with Gasteiger partial charge >= 0.3 is 0 Å². The van der Waals surface area contributed by atoms with Crippen LogP contribution in [0.1, 0.15) is 0 Å². The van der Waals surface area contributed by atoms with E-state index in [4.69, 9.17) is 10.1 Å². The van der Waals surface area contributed by atoms with Gasteiger partial charge in [0.05, 0.1) is 16.9 Å². The van der Waals surface area contributed by atoms with Crippen LogP contribution in [-0.4, -0.2) is 14.8 Å². The first-order chi connectivity index (χ1) is 16.3. The zero-order chi connectivity index (χ0) is 22.2. The second kappa shape index (κ2) is 8.24. The summed E-state index contributed by atoms with van der Waals surface area (Å²) in [5, 5.41) is 8.90. The Hall–Kier alpha value is -3.87. The van der Waals surface area contributed by atoms with Crippen molar-refractivity contribution < 1.29 is 0 Å². The fraction of sp³-hybridized carbons (Fsp3) is 0. The highest BCUT2D eigenvalue weighted by molar-refractivity contribution is 7.14. The Morgan fingerprint density at radius 1 is 0.727 bits per heavy atom. The number of aromatic nitrogens is 3. The number of nitrogens with zero attached hydrogens (tertiary/aromatic N) is 3. The van der Waals surface area contributed by atoms with Crippen molar-refractivity contribution >= 4 is 22.7 Å². The van der Waals surface area contributed by atoms with E-state index in [1.165, 1.54) is 0 Å². The predicted octanol–water partition coefficient (Wildman–Crippen LogP) is 6.86. The highest BCUT2D eigenvalue weighted by Crippen LogP contribution is 2.38. The fourth-order valence-corrected chi connectivity index (χ4v) is 5.46. The van der Waals surface area contributed by atoms with E-state index in [0.717, 1.165) is 26.7 Å². The first-order valence-electron chi connectivity index (χ1n) is 10.5. The van der Waals surface area contributed by atoms with Crippen LogP contribution >= 0.6 is 22.7 Å². The first-order valence-corrected chi connectivity index (χ1v) is 12.2. The van der Waals surface area contributed by atoms with E-state index < -0.39 is 0 Å². The normalized spacial score (nSPS) is 11.2. The molecule has 0 fully saturated rings. The van der Waals surface area contributed by atoms with Crippen LogP contribution in [0, 0.1) is 0 Å². The molecule has 0 saturated heterocycles. The molecule has 1 aliphatic carbocycles. The quantitative estimate of drug-likeness (QED) is 0.287. The highest BCUT2D eigenvalue weighted by atomic mass is 32.1. The molecule has 0 saturated carbocycles. The molecule has 6 heteroatoms. The minimum atomic E-state index is -0.00635. The molecule has 158 valence electrons. The van der Waals surface area contributed by atoms with Crippen molar-refractivity contribution in [1.82, 2.24) is 14.8 Å². The van der Waals surface area contributed by atoms with Crippen molar-refractivity contribution in [2.24, 2.45) is 0 Å². The van der Waals surface area contributed by atoms with Gasteiger partial charge in [0.2, 0.25) is 0 Å². The summed E-state index contributed by atoms with van der Waals surface area (Å²) in [5.74, 6) is 0.611. The van der Waals surface area contributed by atoms with E-state index in [0.29, 0.717) is 22.6 Å². The van der Waals surface area contributed by atoms with Gasteiger partial charge in [-0.3, -0.25) is 4.79 Å². The number of benzene rings is 3. The minimum absolute atomic E-state index is 0.00635. The van der Waals surface area contributed by atoms with E-state index in [2.05, 4.69) is 0 Å². The molecule has 3 heterocycles. The van der Waals surface area contributed by atoms with Crippen LogP contribution in [0.3, 0.4) is 0 Å². The Bertz CT molecular complexity index is 1560. The number of para-hydroxylation sites is 1. The lowest BCUT2D eigenvalue weighted by molar-refractivity contribution is 0.829. The van der Waals surface area contributed by atoms with Crippen LogP contribution in [-0.2, 0) is 0 Å². The highest BCUT2D eigenvalue weighted by Gasteiger charge is 2.25. The van der Waals surface area contributed by atoms with Gasteiger partial charge in [0, 0.05) is 20.9 Å². The maximum absolute atomic E-state index is 13.9. The summed E-state index contributed by atoms with van der Waals surface area (Å²) >= 11 is 3.11. The molecule has 0 radical (unpaired) electrons. The molecule has 4 nitrogen and oxygen atoms in total. The Morgan fingerprint density at radius 3 is 2.06 bits per heavy atom. The van der Waals surface area contributed by atoms with Crippen molar-refractivity contribution in [2.75, 3.05) is 0 Å². The largest absolute Gasteiger partial charge is 0.288 e. The lowest BCUT2D eigenvalue weighted by Crippen LogP contribution is -2.18. The molecule has 0 amide bonds. The molecule has 2 aromatic carbocycles. The third kappa shape index (κ3) is 3.50. The number of rotatable bonds is 4. The van der Waals surface area contributed by atoms with E-state index in [9.17, 15) is 4.79 Å². The minimum Gasteiger partial charge on any atom is -0.288 e. The third-order valence-corrected chi connectivity index (χ3v) is 7.24. The Morgan fingerprint density at radius 2 is 1.39 bits per heavy atom. The zero-order valence-electron chi connectivity index (χ0n) is 17.4. The van der Waals surface area contributed by atoms with Crippen molar-refractivity contribution in [3.05, 3.63) is 112 Å². The summed E-state index contributed by atoms with van der Waals surface area (Å²) in [6, 6.07) is 29.7. The van der Waals surface area contributed by atoms with Crippen LogP contribution in [0.15, 0.2) is 107 Å². The van der Waals surface area contributed by atoms with Crippen LogP contribution < -0.4 is 5.43 Å². The molecule has 0 spiro atoms. The van der Waals surface area contributed by atoms with Gasteiger partial charge < -0.3 is 0 Å². The molecular weight excluding hydrogens is 446 g/mol. The first kappa shape index (κ1) is 19.8. The average molecular weight is 464 g/mol. The third-order valence-electron chi connectivity index (χ3n) is 5.45. The molecule has 0 atom stereocenters. The summed E-state index contributed by atoms with van der Waals surface area (Å²) < 4.78 is 1.86. The molecule has 2 aliphatic rings. The lowest BCUT2D eigenvalue weighted by Gasteiger charge is -2.19. The van der Waals surface area contributed by atoms with Gasteiger partial charge in [0.25, 0.3) is 0 Å². The van der Waals surface area contributed by atoms with E-state index in [1.807, 2.05) is 106 Å². The van der Waals surface area contributed by atoms with E-state index in [1.54, 1.807) is 22.7 Å². The van der Waals surface area contributed by atoms with Crippen molar-refractivity contribution in [3.8, 4) is 49.3 Å². The van der Waals surface area contributed by atoms with Crippen LogP contribution in [0.2, 0.25) is 0 Å². The van der Waals surface area contributed by atoms with Crippen LogP contribution in [0.5, 0.6) is 0 Å². The Labute approximate surface area is 198 Å². The molecule has 6 rings (SSSR count). The van der Waals surface area contributed by atoms with E-state index in [-0.39, 0.29) is 5.43 Å². The zero-order valence-corrected chi connectivity index (χ0v) is 19.0. The smallest absolute Gasteiger partial charge is 0.198 e. The monoisotopic (exact) mass is 463 g/mol. The molecule has 2 aromatic heterocycles. The van der Waals surface area contributed by atoms with Gasteiger partial charge in [0.1, 0.15) is 5.69 Å². The van der Waals surface area contributed by atoms with Crippen LogP contribution in [0.4, 0.5) is 0 Å². The average Bonchev–Trinajstić information content (AvgIpc) is 3.59. The van der Waals surface area contributed by atoms with E-state index >= 15 is 0 Å². The maximum atomic E-state index is 13.9. The molecule has 0 unspecified atom stereocenters. The predicted molar refractivity (Wildman–Crippen MR) is 136 cm³/mol. The van der Waals surface area contributed by atoms with Gasteiger partial charge in [-0.2, -0.15) is 0 Å². The topological polar surface area (TPSA) is 47.8 Å². The molecular formula is C27H17N3OS2. The number of hydrogen-bond acceptors (Lipinski definition) is 5. The lowest BCUT2D eigenvalue weighted by atomic mass is 9.99. The van der Waals surface area contributed by atoms with Crippen LogP contribution in [0.25, 0.3) is 49.3 Å². The second-order valence-corrected chi connectivity index (χ2v) is 9.39. The molecule has 4 aromatic rings. The van der Waals surface area contributed by atoms with Gasteiger partial charge in [-0.05, 0) is 41.1 Å². The number of thiophene rings is 2. The summed E-state index contributed by atoms with van der Waals surface area (Å²) in [5.41, 5.74) is 4.54. The fourth-order valence-electron chi connectivity index (χ4n) is 3.95. The van der Waals surface area contributed by atoms with Gasteiger partial charge in [-0.15, -0.1) is 27.8 Å². The second-order valence-electron chi connectivity index (χ2n) is 7.50. The van der Waals surface area contributed by atoms with Gasteiger partial charge in [-0.25, -0.2) is 9.67 Å². The Balaban J connectivity index is 1.77. The summed E-state index contributed by atoms with van der Waals surface area (Å²) in [6.07, 6.45) is 0. The standard InChI is InChI=1S/C27H17N3OS2/c31-26-20(22-13-7-15-32-22)17-21-25(24(26)23-14-8-16-33-23)30(19-11-5-2-6-12-19)29-27(28-21)18-9-3-1-4-10-18/h1-17H. The molecule has 1 aliphatic heterocycles. The van der Waals surface area contributed by atoms with Crippen molar-refractivity contribution in [2.45, 2.75) is 0 Å². The molecule has 0 bridgehead atoms. The summed E-state index contributed by atoms with van der Waals surface area (Å²) in [6.45, 7) is 0. The van der Waals surface area contributed by atoms with Gasteiger partial charge in [0.15, 0.2) is 11.3 Å². The maximum Gasteiger partial charge on any atom is 0.198 e. The SMILES string of the molecule is O=c1c(-c2cccs2)cc2nc(-c3ccccc3)nn(-c3ccccc3)c-2c1-c1cccs1. The van der Waals surface area contributed by atoms with Gasteiger partial charge in [-0.1, -0.05) is 60.7 Å².